The molecular formula is C30H35F7N4O4S. The Balaban J connectivity index is 1.67. The topological polar surface area (TPSA) is 81.2 Å². The summed E-state index contributed by atoms with van der Waals surface area (Å²) in [6, 6.07) is 3.88. The van der Waals surface area contributed by atoms with Crippen LogP contribution in [0, 0.1) is 12.7 Å². The van der Waals surface area contributed by atoms with Crippen LogP contribution in [0.15, 0.2) is 36.4 Å². The number of halogens is 7. The predicted octanol–water partition coefficient (Wildman–Crippen LogP) is 5.07. The van der Waals surface area contributed by atoms with Crippen molar-refractivity contribution in [2.24, 2.45) is 0 Å². The van der Waals surface area contributed by atoms with Crippen LogP contribution in [0.4, 0.5) is 35.5 Å². The van der Waals surface area contributed by atoms with Gasteiger partial charge < -0.3 is 14.7 Å². The molecule has 0 aromatic heterocycles. The number of rotatable bonds is 5. The average Bonchev–Trinajstić information content (AvgIpc) is 3.39. The first-order valence-electron chi connectivity index (χ1n) is 14.3. The third kappa shape index (κ3) is 7.27. The van der Waals surface area contributed by atoms with Gasteiger partial charge in [0, 0.05) is 52.2 Å². The van der Waals surface area contributed by atoms with Crippen molar-refractivity contribution in [2.75, 3.05) is 52.6 Å². The number of amides is 3. The highest BCUT2D eigenvalue weighted by Crippen LogP contribution is 2.41. The van der Waals surface area contributed by atoms with Crippen LogP contribution < -0.4 is 0 Å². The number of piperazine rings is 1. The zero-order valence-corrected chi connectivity index (χ0v) is 26.7. The maximum absolute atomic E-state index is 14.0. The van der Waals surface area contributed by atoms with Gasteiger partial charge in [0.25, 0.3) is 0 Å². The quantitative estimate of drug-likeness (QED) is 0.414. The fraction of sp³-hybridized carbons (Fsp3) is 0.533. The van der Waals surface area contributed by atoms with Crippen molar-refractivity contribution >= 4 is 22.0 Å². The number of carbonyl (C=O) groups is 2. The Morgan fingerprint density at radius 2 is 1.35 bits per heavy atom. The van der Waals surface area contributed by atoms with Gasteiger partial charge in [-0.05, 0) is 67.8 Å². The van der Waals surface area contributed by atoms with Crippen LogP contribution in [-0.4, -0.2) is 98.0 Å². The number of sulfonamides is 1. The molecule has 0 N–H and O–H groups in total. The van der Waals surface area contributed by atoms with Crippen molar-refractivity contribution in [2.45, 2.75) is 50.5 Å². The summed E-state index contributed by atoms with van der Waals surface area (Å²) in [6.45, 7) is 4.56. The molecule has 0 bridgehead atoms. The van der Waals surface area contributed by atoms with Crippen LogP contribution in [0.3, 0.4) is 0 Å². The Hall–Kier alpha value is -3.40. The maximum atomic E-state index is 14.0. The molecule has 46 heavy (non-hydrogen) atoms. The second-order valence-electron chi connectivity index (χ2n) is 12.3. The van der Waals surface area contributed by atoms with Crippen LogP contribution in [0.2, 0.25) is 0 Å². The summed E-state index contributed by atoms with van der Waals surface area (Å²) in [5.74, 6) is -1.88. The van der Waals surface area contributed by atoms with E-state index in [1.165, 1.54) is 58.1 Å². The molecule has 4 rings (SSSR count). The van der Waals surface area contributed by atoms with Gasteiger partial charge in [-0.25, -0.2) is 17.6 Å². The zero-order chi connectivity index (χ0) is 34.6. The second-order valence-corrected chi connectivity index (χ2v) is 14.3. The molecule has 2 aromatic carbocycles. The van der Waals surface area contributed by atoms with E-state index in [0.29, 0.717) is 23.3 Å². The molecule has 0 radical (unpaired) electrons. The van der Waals surface area contributed by atoms with Crippen molar-refractivity contribution in [1.82, 2.24) is 19.0 Å². The number of benzene rings is 2. The van der Waals surface area contributed by atoms with Crippen molar-refractivity contribution in [3.05, 3.63) is 70.0 Å². The number of likely N-dealkylation sites (tertiary alicyclic amines) is 1. The summed E-state index contributed by atoms with van der Waals surface area (Å²) in [6.07, 6.45) is -9.14. The van der Waals surface area contributed by atoms with E-state index < -0.39 is 74.2 Å². The number of likely N-dealkylation sites (N-methyl/N-ethyl adjacent to an activating group) is 1. The molecule has 2 aliphatic heterocycles. The summed E-state index contributed by atoms with van der Waals surface area (Å²) >= 11 is 0. The van der Waals surface area contributed by atoms with Crippen molar-refractivity contribution in [1.29, 1.82) is 0 Å². The third-order valence-electron chi connectivity index (χ3n) is 8.83. The first-order valence-corrected chi connectivity index (χ1v) is 16.2. The van der Waals surface area contributed by atoms with Crippen molar-refractivity contribution < 1.29 is 48.7 Å². The van der Waals surface area contributed by atoms with Gasteiger partial charge in [0.05, 0.1) is 28.8 Å². The molecule has 2 fully saturated rings. The van der Waals surface area contributed by atoms with E-state index in [-0.39, 0.29) is 45.3 Å². The van der Waals surface area contributed by atoms with E-state index in [1.807, 2.05) is 0 Å². The largest absolute Gasteiger partial charge is 0.416 e. The monoisotopic (exact) mass is 680 g/mol. The minimum Gasteiger partial charge on any atom is -0.340 e. The smallest absolute Gasteiger partial charge is 0.340 e. The Labute approximate surface area is 262 Å². The number of hydrogen-bond acceptors (Lipinski definition) is 4. The Morgan fingerprint density at radius 3 is 1.83 bits per heavy atom. The van der Waals surface area contributed by atoms with Crippen molar-refractivity contribution in [3.8, 4) is 0 Å². The molecule has 0 saturated carbocycles. The fourth-order valence-electron chi connectivity index (χ4n) is 6.14. The Morgan fingerprint density at radius 1 is 0.826 bits per heavy atom. The molecule has 8 nitrogen and oxygen atoms in total. The number of carbonyl (C=O) groups excluding carboxylic acids is 2. The standard InChI is InChI=1S/C30H35F7N4O4S/c1-18-12-22(31)6-7-23(18)24-16-40(27(43)39-8-10-41(11-9-39)46(5,44)45)17-25(24)38(4)26(42)28(2,3)19-13-20(29(32,33)34)15-21(14-19)30(35,36)37/h6-7,12-15,24-25H,8-11,16-17H2,1-5H3/t24-,25+/m0/s1. The lowest BCUT2D eigenvalue weighted by Crippen LogP contribution is -2.54. The van der Waals surface area contributed by atoms with Gasteiger partial charge in [-0.2, -0.15) is 30.6 Å². The first kappa shape index (κ1) is 35.5. The Bertz CT molecular complexity index is 1570. The summed E-state index contributed by atoms with van der Waals surface area (Å²) < 4.78 is 121. The molecule has 2 saturated heterocycles. The van der Waals surface area contributed by atoms with E-state index in [0.717, 1.165) is 6.26 Å². The summed E-state index contributed by atoms with van der Waals surface area (Å²) in [4.78, 5) is 31.8. The van der Waals surface area contributed by atoms with Crippen LogP contribution in [0.5, 0.6) is 0 Å². The summed E-state index contributed by atoms with van der Waals surface area (Å²) in [7, 11) is -2.08. The molecule has 0 unspecified atom stereocenters. The van der Waals surface area contributed by atoms with Crippen LogP contribution in [-0.2, 0) is 32.6 Å². The van der Waals surface area contributed by atoms with Crippen LogP contribution in [0.1, 0.15) is 47.6 Å². The number of nitrogens with zero attached hydrogens (tertiary/aromatic N) is 4. The number of aryl methyl sites for hydroxylation is 1. The highest BCUT2D eigenvalue weighted by Gasteiger charge is 2.46. The molecular weight excluding hydrogens is 645 g/mol. The lowest BCUT2D eigenvalue weighted by Gasteiger charge is -2.37. The molecule has 2 aromatic rings. The molecule has 2 aliphatic rings. The summed E-state index contributed by atoms with van der Waals surface area (Å²) in [5.41, 5.74) is -4.31. The number of alkyl halides is 6. The van der Waals surface area contributed by atoms with E-state index >= 15 is 0 Å². The van der Waals surface area contributed by atoms with E-state index in [1.54, 1.807) is 6.92 Å². The normalized spacial score (nSPS) is 20.3. The minimum absolute atomic E-state index is 0.00267. The van der Waals surface area contributed by atoms with Gasteiger partial charge in [-0.1, -0.05) is 6.07 Å². The van der Waals surface area contributed by atoms with Gasteiger partial charge in [0.1, 0.15) is 5.82 Å². The molecule has 0 spiro atoms. The lowest BCUT2D eigenvalue weighted by atomic mass is 9.80. The lowest BCUT2D eigenvalue weighted by molar-refractivity contribution is -0.144. The predicted molar refractivity (Wildman–Crippen MR) is 155 cm³/mol. The molecule has 2 heterocycles. The average molecular weight is 681 g/mol. The van der Waals surface area contributed by atoms with Crippen LogP contribution in [0.25, 0.3) is 0 Å². The van der Waals surface area contributed by atoms with Gasteiger partial charge >= 0.3 is 18.4 Å². The summed E-state index contributed by atoms with van der Waals surface area (Å²) in [5, 5.41) is 0. The van der Waals surface area contributed by atoms with Gasteiger partial charge in [0.15, 0.2) is 0 Å². The second kappa shape index (κ2) is 12.3. The SMILES string of the molecule is Cc1cc(F)ccc1[C@@H]1CN(C(=O)N2CCN(S(C)(=O)=O)CC2)C[C@H]1N(C)C(=O)C(C)(C)c1cc(C(F)(F)F)cc(C(F)(F)F)c1. The highest BCUT2D eigenvalue weighted by atomic mass is 32.2. The van der Waals surface area contributed by atoms with Gasteiger partial charge in [-0.3, -0.25) is 4.79 Å². The van der Waals surface area contributed by atoms with E-state index in [9.17, 15) is 48.7 Å². The number of urea groups is 1. The Kier molecular flexibility index (Phi) is 9.50. The fourth-order valence-corrected chi connectivity index (χ4v) is 6.96. The molecule has 254 valence electrons. The van der Waals surface area contributed by atoms with Crippen LogP contribution >= 0.6 is 0 Å². The molecule has 16 heteroatoms. The van der Waals surface area contributed by atoms with Gasteiger partial charge in [0.2, 0.25) is 15.9 Å². The van der Waals surface area contributed by atoms with Crippen molar-refractivity contribution in [3.63, 3.8) is 0 Å². The highest BCUT2D eigenvalue weighted by molar-refractivity contribution is 7.88. The van der Waals surface area contributed by atoms with E-state index in [4.69, 9.17) is 0 Å². The zero-order valence-electron chi connectivity index (χ0n) is 25.8. The third-order valence-corrected chi connectivity index (χ3v) is 10.1. The van der Waals surface area contributed by atoms with E-state index in [2.05, 4.69) is 0 Å². The molecule has 2 atom stereocenters. The first-order chi connectivity index (χ1) is 21.0. The molecule has 0 aliphatic carbocycles. The molecule has 3 amide bonds. The minimum atomic E-state index is -5.11. The number of hydrogen-bond donors (Lipinski definition) is 0. The maximum Gasteiger partial charge on any atom is 0.416 e. The van der Waals surface area contributed by atoms with Gasteiger partial charge in [-0.15, -0.1) is 0 Å².